The number of nitrogens with one attached hydrogen (secondary N) is 1. The van der Waals surface area contributed by atoms with Gasteiger partial charge >= 0.3 is 12.0 Å². The Balaban J connectivity index is 1.81. The Morgan fingerprint density at radius 2 is 1.65 bits per heavy atom. The van der Waals surface area contributed by atoms with Crippen LogP contribution in [0.3, 0.4) is 0 Å². The predicted molar refractivity (Wildman–Crippen MR) is 76.4 cm³/mol. The Labute approximate surface area is 120 Å². The molecule has 2 N–H and O–H groups in total. The molecule has 20 heavy (non-hydrogen) atoms. The summed E-state index contributed by atoms with van der Waals surface area (Å²) in [6.45, 7) is 5.63. The van der Waals surface area contributed by atoms with Crippen LogP contribution in [0.15, 0.2) is 0 Å². The second-order valence-corrected chi connectivity index (χ2v) is 6.67. The molecule has 114 valence electrons. The van der Waals surface area contributed by atoms with Gasteiger partial charge in [0.05, 0.1) is 5.92 Å². The maximum atomic E-state index is 12.2. The third-order valence-electron chi connectivity index (χ3n) is 4.23. The zero-order chi connectivity index (χ0) is 14.7. The monoisotopic (exact) mass is 282 g/mol. The van der Waals surface area contributed by atoms with Crippen molar-refractivity contribution < 1.29 is 14.7 Å². The van der Waals surface area contributed by atoms with E-state index in [-0.39, 0.29) is 18.5 Å². The Morgan fingerprint density at radius 1 is 1.15 bits per heavy atom. The van der Waals surface area contributed by atoms with E-state index in [0.717, 1.165) is 13.1 Å². The lowest BCUT2D eigenvalue weighted by atomic mass is 9.96. The van der Waals surface area contributed by atoms with E-state index in [9.17, 15) is 9.59 Å². The molecule has 0 aromatic heterocycles. The Hall–Kier alpha value is -1.26. The lowest BCUT2D eigenvalue weighted by molar-refractivity contribution is -0.142. The minimum atomic E-state index is -0.837. The summed E-state index contributed by atoms with van der Waals surface area (Å²) in [6, 6.07) is -0.0873. The van der Waals surface area contributed by atoms with Gasteiger partial charge in [-0.05, 0) is 43.4 Å². The van der Waals surface area contributed by atoms with Crippen molar-refractivity contribution in [3.05, 3.63) is 0 Å². The number of carboxylic acids is 1. The van der Waals surface area contributed by atoms with Gasteiger partial charge in [-0.3, -0.25) is 4.79 Å². The SMILES string of the molecule is CC(C)C(CNC(=O)N(CC1CC1)CC1CC1)C(=O)O. The van der Waals surface area contributed by atoms with E-state index in [1.165, 1.54) is 25.7 Å². The van der Waals surface area contributed by atoms with E-state index in [0.29, 0.717) is 11.8 Å². The molecule has 2 aliphatic carbocycles. The zero-order valence-corrected chi connectivity index (χ0v) is 12.5. The summed E-state index contributed by atoms with van der Waals surface area (Å²) in [5.41, 5.74) is 0. The molecular weight excluding hydrogens is 256 g/mol. The normalized spacial score (nSPS) is 19.8. The van der Waals surface area contributed by atoms with Crippen molar-refractivity contribution in [2.75, 3.05) is 19.6 Å². The van der Waals surface area contributed by atoms with Crippen LogP contribution in [0.5, 0.6) is 0 Å². The lowest BCUT2D eigenvalue weighted by Crippen LogP contribution is -2.45. The van der Waals surface area contributed by atoms with Crippen LogP contribution in [0.25, 0.3) is 0 Å². The minimum absolute atomic E-state index is 0.0214. The van der Waals surface area contributed by atoms with E-state index in [1.54, 1.807) is 0 Å². The van der Waals surface area contributed by atoms with E-state index in [1.807, 2.05) is 18.7 Å². The lowest BCUT2D eigenvalue weighted by Gasteiger charge is -2.25. The summed E-state index contributed by atoms with van der Waals surface area (Å²) < 4.78 is 0. The Kier molecular flexibility index (Phi) is 4.89. The summed E-state index contributed by atoms with van der Waals surface area (Å²) in [5.74, 6) is 0.00624. The van der Waals surface area contributed by atoms with E-state index in [2.05, 4.69) is 5.32 Å². The van der Waals surface area contributed by atoms with Gasteiger partial charge in [0, 0.05) is 19.6 Å². The Bertz CT molecular complexity index is 348. The fraction of sp³-hybridized carbons (Fsp3) is 0.867. The molecule has 0 aliphatic heterocycles. The maximum Gasteiger partial charge on any atom is 0.317 e. The number of urea groups is 1. The first-order chi connectivity index (χ1) is 9.47. The molecule has 2 fully saturated rings. The standard InChI is InChI=1S/C15H26N2O3/c1-10(2)13(14(18)19)7-16-15(20)17(8-11-3-4-11)9-12-5-6-12/h10-13H,3-9H2,1-2H3,(H,16,20)(H,18,19). The van der Waals surface area contributed by atoms with Gasteiger partial charge in [-0.2, -0.15) is 0 Å². The largest absolute Gasteiger partial charge is 0.481 e. The number of rotatable bonds is 8. The molecular formula is C15H26N2O3. The molecule has 0 saturated heterocycles. The third-order valence-corrected chi connectivity index (χ3v) is 4.23. The quantitative estimate of drug-likeness (QED) is 0.717. The van der Waals surface area contributed by atoms with Crippen LogP contribution in [-0.2, 0) is 4.79 Å². The smallest absolute Gasteiger partial charge is 0.317 e. The van der Waals surface area contributed by atoms with Crippen molar-refractivity contribution in [1.82, 2.24) is 10.2 Å². The first-order valence-corrected chi connectivity index (χ1v) is 7.73. The van der Waals surface area contributed by atoms with E-state index >= 15 is 0 Å². The van der Waals surface area contributed by atoms with Crippen molar-refractivity contribution in [1.29, 1.82) is 0 Å². The number of aliphatic carboxylic acids is 1. The van der Waals surface area contributed by atoms with Crippen molar-refractivity contribution in [2.45, 2.75) is 39.5 Å². The number of carbonyl (C=O) groups excluding carboxylic acids is 1. The average Bonchev–Trinajstić information content (AvgIpc) is 3.21. The van der Waals surface area contributed by atoms with Crippen LogP contribution in [0, 0.1) is 23.7 Å². The van der Waals surface area contributed by atoms with Gasteiger partial charge in [-0.15, -0.1) is 0 Å². The molecule has 0 aromatic carbocycles. The molecule has 5 heteroatoms. The van der Waals surface area contributed by atoms with Crippen LogP contribution >= 0.6 is 0 Å². The van der Waals surface area contributed by atoms with Gasteiger partial charge in [0.15, 0.2) is 0 Å². The van der Waals surface area contributed by atoms with Crippen LogP contribution in [0.4, 0.5) is 4.79 Å². The molecule has 0 bridgehead atoms. The fourth-order valence-corrected chi connectivity index (χ4v) is 2.38. The molecule has 0 aromatic rings. The van der Waals surface area contributed by atoms with Gasteiger partial charge in [0.25, 0.3) is 0 Å². The van der Waals surface area contributed by atoms with Gasteiger partial charge in [0.2, 0.25) is 0 Å². The number of carbonyl (C=O) groups is 2. The minimum Gasteiger partial charge on any atom is -0.481 e. The number of hydrogen-bond donors (Lipinski definition) is 2. The molecule has 5 nitrogen and oxygen atoms in total. The van der Waals surface area contributed by atoms with E-state index < -0.39 is 11.9 Å². The molecule has 1 unspecified atom stereocenters. The molecule has 2 aliphatic rings. The summed E-state index contributed by atoms with van der Waals surface area (Å²) in [5, 5.41) is 12.0. The van der Waals surface area contributed by atoms with Gasteiger partial charge in [-0.1, -0.05) is 13.8 Å². The second-order valence-electron chi connectivity index (χ2n) is 6.67. The maximum absolute atomic E-state index is 12.2. The third kappa shape index (κ3) is 4.69. The number of nitrogens with zero attached hydrogens (tertiary/aromatic N) is 1. The number of hydrogen-bond acceptors (Lipinski definition) is 2. The molecule has 2 amide bonds. The van der Waals surface area contributed by atoms with Crippen molar-refractivity contribution in [2.24, 2.45) is 23.7 Å². The molecule has 1 atom stereocenters. The molecule has 0 heterocycles. The number of carboxylic acid groups (broad SMARTS) is 1. The molecule has 2 rings (SSSR count). The Morgan fingerprint density at radius 3 is 2.00 bits per heavy atom. The topological polar surface area (TPSA) is 69.6 Å². The van der Waals surface area contributed by atoms with Crippen LogP contribution < -0.4 is 5.32 Å². The van der Waals surface area contributed by atoms with E-state index in [4.69, 9.17) is 5.11 Å². The second kappa shape index (κ2) is 6.46. The predicted octanol–water partition coefficient (Wildman–Crippen LogP) is 2.17. The van der Waals surface area contributed by atoms with Crippen LogP contribution in [0.1, 0.15) is 39.5 Å². The van der Waals surface area contributed by atoms with Crippen molar-refractivity contribution >= 4 is 12.0 Å². The summed E-state index contributed by atoms with van der Waals surface area (Å²) in [7, 11) is 0. The zero-order valence-electron chi connectivity index (χ0n) is 12.5. The first-order valence-electron chi connectivity index (χ1n) is 7.73. The van der Waals surface area contributed by atoms with Crippen molar-refractivity contribution in [3.63, 3.8) is 0 Å². The molecule has 2 saturated carbocycles. The molecule has 0 radical (unpaired) electrons. The summed E-state index contributed by atoms with van der Waals surface area (Å²) in [6.07, 6.45) is 4.88. The first kappa shape index (κ1) is 15.1. The highest BCUT2D eigenvalue weighted by Crippen LogP contribution is 2.33. The molecule has 0 spiro atoms. The van der Waals surface area contributed by atoms with Gasteiger partial charge < -0.3 is 15.3 Å². The number of amides is 2. The average molecular weight is 282 g/mol. The fourth-order valence-electron chi connectivity index (χ4n) is 2.38. The van der Waals surface area contributed by atoms with Crippen LogP contribution in [-0.4, -0.2) is 41.6 Å². The van der Waals surface area contributed by atoms with Gasteiger partial charge in [0.1, 0.15) is 0 Å². The van der Waals surface area contributed by atoms with Crippen molar-refractivity contribution in [3.8, 4) is 0 Å². The highest BCUT2D eigenvalue weighted by molar-refractivity contribution is 5.76. The van der Waals surface area contributed by atoms with Gasteiger partial charge in [-0.25, -0.2) is 4.79 Å². The summed E-state index contributed by atoms with van der Waals surface area (Å²) >= 11 is 0. The van der Waals surface area contributed by atoms with Crippen LogP contribution in [0.2, 0.25) is 0 Å². The summed E-state index contributed by atoms with van der Waals surface area (Å²) in [4.78, 5) is 25.3. The highest BCUT2D eigenvalue weighted by Gasteiger charge is 2.32. The highest BCUT2D eigenvalue weighted by atomic mass is 16.4.